The number of hydrogen-bond donors (Lipinski definition) is 0. The van der Waals surface area contributed by atoms with Gasteiger partial charge in [-0.15, -0.1) is 0 Å². The molecule has 4 heteroatoms. The Labute approximate surface area is 319 Å². The Bertz CT molecular complexity index is 2840. The fourth-order valence-corrected chi connectivity index (χ4v) is 7.41. The number of hydrogen-bond acceptors (Lipinski definition) is 4. The minimum absolute atomic E-state index is 0.563. The van der Waals surface area contributed by atoms with Crippen LogP contribution in [0.5, 0.6) is 0 Å². The van der Waals surface area contributed by atoms with Crippen LogP contribution in [0.15, 0.2) is 205 Å². The van der Waals surface area contributed by atoms with E-state index in [1.54, 1.807) is 0 Å². The summed E-state index contributed by atoms with van der Waals surface area (Å²) in [6, 6.07) is 69.5. The summed E-state index contributed by atoms with van der Waals surface area (Å²) in [5.74, 6) is 1.79. The third kappa shape index (κ3) is 6.16. The summed E-state index contributed by atoms with van der Waals surface area (Å²) in [7, 11) is 0. The van der Waals surface area contributed by atoms with Crippen LogP contribution in [-0.4, -0.2) is 15.0 Å². The maximum absolute atomic E-state index is 6.91. The second kappa shape index (κ2) is 13.8. The Morgan fingerprint density at radius 2 is 0.618 bits per heavy atom. The van der Waals surface area contributed by atoms with Crippen molar-refractivity contribution in [2.45, 2.75) is 0 Å². The number of nitrogens with zero attached hydrogens (tertiary/aromatic N) is 3. The Morgan fingerprint density at radius 3 is 1.15 bits per heavy atom. The van der Waals surface area contributed by atoms with Crippen molar-refractivity contribution in [3.05, 3.63) is 200 Å². The van der Waals surface area contributed by atoms with Gasteiger partial charge in [-0.3, -0.25) is 0 Å². The highest BCUT2D eigenvalue weighted by Gasteiger charge is 2.19. The van der Waals surface area contributed by atoms with E-state index in [0.29, 0.717) is 17.5 Å². The molecule has 0 atom stereocenters. The molecule has 2 heterocycles. The van der Waals surface area contributed by atoms with Gasteiger partial charge in [-0.2, -0.15) is 0 Å². The Morgan fingerprint density at radius 1 is 0.255 bits per heavy atom. The second-order valence-corrected chi connectivity index (χ2v) is 13.6. The van der Waals surface area contributed by atoms with Gasteiger partial charge in [0.2, 0.25) is 0 Å². The molecular weight excluding hydrogens is 671 g/mol. The highest BCUT2D eigenvalue weighted by atomic mass is 16.3. The predicted octanol–water partition coefficient (Wildman–Crippen LogP) is 13.4. The zero-order chi connectivity index (χ0) is 36.6. The Balaban J connectivity index is 1.11. The van der Waals surface area contributed by atoms with E-state index in [1.807, 2.05) is 66.7 Å². The van der Waals surface area contributed by atoms with Gasteiger partial charge in [0.25, 0.3) is 0 Å². The Hall–Kier alpha value is -7.43. The van der Waals surface area contributed by atoms with Gasteiger partial charge in [0.1, 0.15) is 11.2 Å². The van der Waals surface area contributed by atoms with Crippen molar-refractivity contribution >= 4 is 21.9 Å². The molecule has 10 aromatic rings. The van der Waals surface area contributed by atoms with Gasteiger partial charge in [0.15, 0.2) is 17.5 Å². The van der Waals surface area contributed by atoms with E-state index in [-0.39, 0.29) is 0 Å². The van der Waals surface area contributed by atoms with E-state index in [9.17, 15) is 0 Å². The summed E-state index contributed by atoms with van der Waals surface area (Å²) >= 11 is 0. The zero-order valence-corrected chi connectivity index (χ0v) is 29.8. The van der Waals surface area contributed by atoms with E-state index in [0.717, 1.165) is 60.9 Å². The molecule has 8 aromatic carbocycles. The lowest BCUT2D eigenvalue weighted by Crippen LogP contribution is -2.00. The molecule has 0 saturated carbocycles. The molecule has 0 aliphatic rings. The lowest BCUT2D eigenvalue weighted by Gasteiger charge is -2.12. The summed E-state index contributed by atoms with van der Waals surface area (Å²) in [4.78, 5) is 14.9. The highest BCUT2D eigenvalue weighted by molar-refractivity contribution is 6.12. The quantitative estimate of drug-likeness (QED) is 0.166. The smallest absolute Gasteiger partial charge is 0.167 e. The first kappa shape index (κ1) is 32.2. The summed E-state index contributed by atoms with van der Waals surface area (Å²) in [5, 5.41) is 2.05. The van der Waals surface area contributed by atoms with Crippen LogP contribution in [0.1, 0.15) is 0 Å². The first-order valence-corrected chi connectivity index (χ1v) is 18.4. The van der Waals surface area contributed by atoms with Gasteiger partial charge >= 0.3 is 0 Å². The molecule has 4 nitrogen and oxygen atoms in total. The van der Waals surface area contributed by atoms with Crippen LogP contribution in [0.2, 0.25) is 0 Å². The van der Waals surface area contributed by atoms with Crippen molar-refractivity contribution in [1.82, 2.24) is 15.0 Å². The highest BCUT2D eigenvalue weighted by Crippen LogP contribution is 2.41. The van der Waals surface area contributed by atoms with Crippen molar-refractivity contribution in [3.63, 3.8) is 0 Å². The number of fused-ring (bicyclic) bond motifs is 3. The lowest BCUT2D eigenvalue weighted by molar-refractivity contribution is 0.670. The largest absolute Gasteiger partial charge is 0.455 e. The van der Waals surface area contributed by atoms with Gasteiger partial charge in [-0.1, -0.05) is 170 Å². The van der Waals surface area contributed by atoms with Crippen molar-refractivity contribution in [2.24, 2.45) is 0 Å². The molecule has 0 N–H and O–H groups in total. The minimum Gasteiger partial charge on any atom is -0.455 e. The number of para-hydroxylation sites is 2. The maximum atomic E-state index is 6.91. The number of benzene rings is 8. The van der Waals surface area contributed by atoms with E-state index in [4.69, 9.17) is 19.4 Å². The monoisotopic (exact) mass is 703 g/mol. The average Bonchev–Trinajstić information content (AvgIpc) is 3.67. The minimum atomic E-state index is 0.563. The zero-order valence-electron chi connectivity index (χ0n) is 29.8. The van der Waals surface area contributed by atoms with Gasteiger partial charge < -0.3 is 4.42 Å². The predicted molar refractivity (Wildman–Crippen MR) is 225 cm³/mol. The molecule has 55 heavy (non-hydrogen) atoms. The van der Waals surface area contributed by atoms with E-state index in [1.165, 1.54) is 22.3 Å². The SMILES string of the molecule is c1ccc(-c2cc(-c3ccccc3)cc(-c3cccc(-c4cccc5c4oc4c(-c6nc(-c7ccccc7)nc(-c7ccccc7)n6)cccc45)c3)c2)cc1. The van der Waals surface area contributed by atoms with Crippen molar-refractivity contribution < 1.29 is 4.42 Å². The van der Waals surface area contributed by atoms with Crippen LogP contribution >= 0.6 is 0 Å². The summed E-state index contributed by atoms with van der Waals surface area (Å²) in [6.45, 7) is 0. The average molecular weight is 704 g/mol. The van der Waals surface area contributed by atoms with Gasteiger partial charge in [-0.25, -0.2) is 15.0 Å². The van der Waals surface area contributed by atoms with E-state index in [2.05, 4.69) is 133 Å². The molecule has 258 valence electrons. The number of furan rings is 1. The van der Waals surface area contributed by atoms with E-state index >= 15 is 0 Å². The summed E-state index contributed by atoms with van der Waals surface area (Å²) < 4.78 is 6.91. The van der Waals surface area contributed by atoms with Crippen LogP contribution in [0.4, 0.5) is 0 Å². The van der Waals surface area contributed by atoms with Gasteiger partial charge in [0.05, 0.1) is 5.56 Å². The van der Waals surface area contributed by atoms with Crippen molar-refractivity contribution in [2.75, 3.05) is 0 Å². The van der Waals surface area contributed by atoms with Gasteiger partial charge in [-0.05, 0) is 69.3 Å². The molecule has 10 rings (SSSR count). The van der Waals surface area contributed by atoms with Crippen LogP contribution in [0.25, 0.3) is 101 Å². The second-order valence-electron chi connectivity index (χ2n) is 13.6. The number of aromatic nitrogens is 3. The molecule has 0 aliphatic carbocycles. The van der Waals surface area contributed by atoms with Crippen LogP contribution < -0.4 is 0 Å². The van der Waals surface area contributed by atoms with E-state index < -0.39 is 0 Å². The molecular formula is C51H33N3O. The molecule has 0 spiro atoms. The Kier molecular flexibility index (Phi) is 8.12. The van der Waals surface area contributed by atoms with Crippen LogP contribution in [0, 0.1) is 0 Å². The fourth-order valence-electron chi connectivity index (χ4n) is 7.41. The molecule has 0 amide bonds. The van der Waals surface area contributed by atoms with Crippen molar-refractivity contribution in [1.29, 1.82) is 0 Å². The molecule has 0 fully saturated rings. The third-order valence-corrected chi connectivity index (χ3v) is 10.1. The maximum Gasteiger partial charge on any atom is 0.167 e. The topological polar surface area (TPSA) is 51.8 Å². The molecule has 0 saturated heterocycles. The normalized spacial score (nSPS) is 11.3. The molecule has 0 unspecified atom stereocenters. The van der Waals surface area contributed by atoms with Crippen molar-refractivity contribution in [3.8, 4) is 78.7 Å². The van der Waals surface area contributed by atoms with Crippen LogP contribution in [0.3, 0.4) is 0 Å². The van der Waals surface area contributed by atoms with Crippen LogP contribution in [-0.2, 0) is 0 Å². The fraction of sp³-hybridized carbons (Fsp3) is 0. The lowest BCUT2D eigenvalue weighted by atomic mass is 9.92. The summed E-state index contributed by atoms with van der Waals surface area (Å²) in [6.07, 6.45) is 0. The molecule has 0 aliphatic heterocycles. The molecule has 0 bridgehead atoms. The van der Waals surface area contributed by atoms with Gasteiger partial charge in [0, 0.05) is 27.5 Å². The summed E-state index contributed by atoms with van der Waals surface area (Å²) in [5.41, 5.74) is 13.3. The number of rotatable bonds is 7. The molecule has 0 radical (unpaired) electrons. The molecule has 2 aromatic heterocycles. The standard InChI is InChI=1S/C51H33N3O/c1-5-16-34(17-6-1)40-31-41(35-18-7-2-8-19-35)33-42(32-40)38-24-13-25-39(30-38)43-26-14-27-44-45-28-15-29-46(48(45)55-47(43)44)51-53-49(36-20-9-3-10-21-36)52-50(54-51)37-22-11-4-12-23-37/h1-33H. The third-order valence-electron chi connectivity index (χ3n) is 10.1. The first-order valence-electron chi connectivity index (χ1n) is 18.4. The first-order chi connectivity index (χ1) is 27.2.